The largest absolute Gasteiger partial charge is 0.350 e. The van der Waals surface area contributed by atoms with Gasteiger partial charge >= 0.3 is 0 Å². The van der Waals surface area contributed by atoms with Crippen molar-refractivity contribution in [2.75, 3.05) is 0 Å². The molecule has 2 aromatic heterocycles. The second-order valence-electron chi connectivity index (χ2n) is 6.15. The number of ketones is 1. The van der Waals surface area contributed by atoms with Crippen LogP contribution in [-0.4, -0.2) is 19.9 Å². The molecule has 4 rings (SSSR count). The molecule has 0 unspecified atom stereocenters. The lowest BCUT2D eigenvalue weighted by Crippen LogP contribution is -2.06. The molecule has 0 spiro atoms. The third-order valence-corrected chi connectivity index (χ3v) is 4.52. The Morgan fingerprint density at radius 2 is 1.80 bits per heavy atom. The summed E-state index contributed by atoms with van der Waals surface area (Å²) in [4.78, 5) is 17.2. The van der Waals surface area contributed by atoms with E-state index in [0.29, 0.717) is 13.0 Å². The maximum atomic E-state index is 12.8. The Bertz CT molecular complexity index is 1030. The first-order chi connectivity index (χ1) is 12.2. The quantitative estimate of drug-likeness (QED) is 0.512. The van der Waals surface area contributed by atoms with Crippen LogP contribution < -0.4 is 0 Å². The summed E-state index contributed by atoms with van der Waals surface area (Å²) in [5, 5.41) is 1.02. The zero-order valence-electron chi connectivity index (χ0n) is 14.1. The molecule has 0 radical (unpaired) electrons. The van der Waals surface area contributed by atoms with E-state index >= 15 is 0 Å². The van der Waals surface area contributed by atoms with Crippen molar-refractivity contribution in [3.05, 3.63) is 78.8 Å². The van der Waals surface area contributed by atoms with E-state index < -0.39 is 0 Å². The Balaban J connectivity index is 1.56. The standard InChI is InChI=1S/C21H19N3O/c1-23-15-18(17-9-5-6-10-19(17)23)20(25)11-13-24-14-12-22-21(24)16-7-3-2-4-8-16/h2-10,12,14-15H,11,13H2,1H3. The molecule has 4 heteroatoms. The minimum absolute atomic E-state index is 0.157. The van der Waals surface area contributed by atoms with Crippen molar-refractivity contribution in [3.8, 4) is 11.4 Å². The summed E-state index contributed by atoms with van der Waals surface area (Å²) in [5.74, 6) is 1.05. The van der Waals surface area contributed by atoms with Crippen molar-refractivity contribution >= 4 is 16.7 Å². The van der Waals surface area contributed by atoms with Gasteiger partial charge in [-0.25, -0.2) is 4.98 Å². The highest BCUT2D eigenvalue weighted by molar-refractivity contribution is 6.08. The molecule has 25 heavy (non-hydrogen) atoms. The number of carbonyl (C=O) groups excluding carboxylic acids is 1. The number of hydrogen-bond acceptors (Lipinski definition) is 2. The van der Waals surface area contributed by atoms with Gasteiger partial charge in [0.15, 0.2) is 5.78 Å². The molecule has 0 bridgehead atoms. The van der Waals surface area contributed by atoms with Gasteiger partial charge in [-0.05, 0) is 6.07 Å². The van der Waals surface area contributed by atoms with Gasteiger partial charge in [0, 0.05) is 60.6 Å². The molecule has 4 nitrogen and oxygen atoms in total. The Morgan fingerprint density at radius 1 is 1.04 bits per heavy atom. The van der Waals surface area contributed by atoms with Crippen LogP contribution in [0.15, 0.2) is 73.2 Å². The van der Waals surface area contributed by atoms with Crippen LogP contribution in [0.25, 0.3) is 22.3 Å². The summed E-state index contributed by atoms with van der Waals surface area (Å²) in [7, 11) is 1.97. The number of fused-ring (bicyclic) bond motifs is 1. The summed E-state index contributed by atoms with van der Waals surface area (Å²) >= 11 is 0. The molecule has 0 aliphatic carbocycles. The lowest BCUT2D eigenvalue weighted by molar-refractivity contribution is 0.0978. The fraction of sp³-hybridized carbons (Fsp3) is 0.143. The molecule has 124 valence electrons. The van der Waals surface area contributed by atoms with Gasteiger partial charge in [-0.3, -0.25) is 4.79 Å². The zero-order valence-corrected chi connectivity index (χ0v) is 14.1. The van der Waals surface area contributed by atoms with E-state index in [1.807, 2.05) is 83.2 Å². The predicted molar refractivity (Wildman–Crippen MR) is 99.5 cm³/mol. The van der Waals surface area contributed by atoms with Crippen LogP contribution in [0.5, 0.6) is 0 Å². The van der Waals surface area contributed by atoms with E-state index in [9.17, 15) is 4.79 Å². The molecule has 0 saturated heterocycles. The summed E-state index contributed by atoms with van der Waals surface area (Å²) in [5.41, 5.74) is 2.93. The molecule has 0 fully saturated rings. The topological polar surface area (TPSA) is 39.8 Å². The van der Waals surface area contributed by atoms with Crippen molar-refractivity contribution < 1.29 is 4.79 Å². The highest BCUT2D eigenvalue weighted by atomic mass is 16.1. The first-order valence-electron chi connectivity index (χ1n) is 8.38. The number of hydrogen-bond donors (Lipinski definition) is 0. The molecule has 0 amide bonds. The Labute approximate surface area is 146 Å². The second kappa shape index (κ2) is 6.40. The predicted octanol–water partition coefficient (Wildman–Crippen LogP) is 4.31. The summed E-state index contributed by atoms with van der Waals surface area (Å²) in [6.07, 6.45) is 6.09. The molecular weight excluding hydrogens is 310 g/mol. The average molecular weight is 329 g/mol. The van der Waals surface area contributed by atoms with Gasteiger partial charge in [0.05, 0.1) is 0 Å². The van der Waals surface area contributed by atoms with Crippen LogP contribution in [0.4, 0.5) is 0 Å². The maximum Gasteiger partial charge on any atom is 0.166 e. The van der Waals surface area contributed by atoms with E-state index in [1.165, 1.54) is 0 Å². The number of carbonyl (C=O) groups is 1. The van der Waals surface area contributed by atoms with Crippen LogP contribution in [0.3, 0.4) is 0 Å². The van der Waals surface area contributed by atoms with Crippen molar-refractivity contribution in [1.29, 1.82) is 0 Å². The van der Waals surface area contributed by atoms with Gasteiger partial charge in [-0.2, -0.15) is 0 Å². The first kappa shape index (κ1) is 15.4. The number of aromatic nitrogens is 3. The van der Waals surface area contributed by atoms with Gasteiger partial charge in [0.25, 0.3) is 0 Å². The van der Waals surface area contributed by atoms with E-state index in [1.54, 1.807) is 6.20 Å². The van der Waals surface area contributed by atoms with Gasteiger partial charge in [-0.15, -0.1) is 0 Å². The van der Waals surface area contributed by atoms with E-state index in [-0.39, 0.29) is 5.78 Å². The Morgan fingerprint density at radius 3 is 2.64 bits per heavy atom. The molecule has 0 N–H and O–H groups in total. The minimum Gasteiger partial charge on any atom is -0.350 e. The third-order valence-electron chi connectivity index (χ3n) is 4.52. The third kappa shape index (κ3) is 2.87. The first-order valence-corrected chi connectivity index (χ1v) is 8.38. The Kier molecular flexibility index (Phi) is 3.94. The fourth-order valence-corrected chi connectivity index (χ4v) is 3.26. The number of rotatable bonds is 5. The molecule has 2 aromatic carbocycles. The molecular formula is C21H19N3O. The molecule has 0 aliphatic heterocycles. The molecule has 0 aliphatic rings. The number of aryl methyl sites for hydroxylation is 2. The molecule has 2 heterocycles. The van der Waals surface area contributed by atoms with Crippen LogP contribution in [-0.2, 0) is 13.6 Å². The lowest BCUT2D eigenvalue weighted by atomic mass is 10.1. The van der Waals surface area contributed by atoms with Crippen molar-refractivity contribution in [1.82, 2.24) is 14.1 Å². The summed E-state index contributed by atoms with van der Waals surface area (Å²) in [6, 6.07) is 18.1. The van der Waals surface area contributed by atoms with E-state index in [4.69, 9.17) is 0 Å². The summed E-state index contributed by atoms with van der Waals surface area (Å²) < 4.78 is 4.05. The fourth-order valence-electron chi connectivity index (χ4n) is 3.26. The monoisotopic (exact) mass is 329 g/mol. The van der Waals surface area contributed by atoms with E-state index in [2.05, 4.69) is 4.98 Å². The van der Waals surface area contributed by atoms with Crippen LogP contribution in [0.2, 0.25) is 0 Å². The number of nitrogens with zero attached hydrogens (tertiary/aromatic N) is 3. The van der Waals surface area contributed by atoms with Crippen LogP contribution in [0.1, 0.15) is 16.8 Å². The van der Waals surface area contributed by atoms with Crippen molar-refractivity contribution in [2.45, 2.75) is 13.0 Å². The average Bonchev–Trinajstić information content (AvgIpc) is 3.26. The normalized spacial score (nSPS) is 11.1. The van der Waals surface area contributed by atoms with Crippen LogP contribution in [0, 0.1) is 0 Å². The van der Waals surface area contributed by atoms with Gasteiger partial charge in [0.1, 0.15) is 5.82 Å². The number of Topliss-reactive ketones (excluding diaryl/α,β-unsaturated/α-hetero) is 1. The minimum atomic E-state index is 0.157. The smallest absolute Gasteiger partial charge is 0.166 e. The van der Waals surface area contributed by atoms with Crippen LogP contribution >= 0.6 is 0 Å². The van der Waals surface area contributed by atoms with Crippen molar-refractivity contribution in [2.24, 2.45) is 7.05 Å². The Hall–Kier alpha value is -3.14. The summed E-state index contributed by atoms with van der Waals surface area (Å²) in [6.45, 7) is 0.617. The lowest BCUT2D eigenvalue weighted by Gasteiger charge is -2.07. The SMILES string of the molecule is Cn1cc(C(=O)CCn2ccnc2-c2ccccc2)c2ccccc21. The van der Waals surface area contributed by atoms with E-state index in [0.717, 1.165) is 27.9 Å². The second-order valence-corrected chi connectivity index (χ2v) is 6.15. The molecule has 0 atom stereocenters. The highest BCUT2D eigenvalue weighted by Crippen LogP contribution is 2.22. The van der Waals surface area contributed by atoms with Gasteiger partial charge < -0.3 is 9.13 Å². The zero-order chi connectivity index (χ0) is 17.2. The molecule has 4 aromatic rings. The maximum absolute atomic E-state index is 12.8. The van der Waals surface area contributed by atoms with Gasteiger partial charge in [0.2, 0.25) is 0 Å². The van der Waals surface area contributed by atoms with Gasteiger partial charge in [-0.1, -0.05) is 48.5 Å². The number of para-hydroxylation sites is 1. The number of imidazole rings is 1. The highest BCUT2D eigenvalue weighted by Gasteiger charge is 2.14. The molecule has 0 saturated carbocycles. The number of benzene rings is 2. The van der Waals surface area contributed by atoms with Crippen molar-refractivity contribution in [3.63, 3.8) is 0 Å².